The van der Waals surface area contributed by atoms with Crippen LogP contribution in [-0.4, -0.2) is 14.7 Å². The Bertz CT molecular complexity index is 877. The van der Waals surface area contributed by atoms with Crippen molar-refractivity contribution in [2.24, 2.45) is 11.6 Å². The van der Waals surface area contributed by atoms with Gasteiger partial charge in [-0.2, -0.15) is 5.26 Å². The average Bonchev–Trinajstić information content (AvgIpc) is 2.55. The second-order valence-electron chi connectivity index (χ2n) is 4.92. The lowest BCUT2D eigenvalue weighted by molar-refractivity contribution is 0.602. The molecule has 0 heterocycles. The van der Waals surface area contributed by atoms with E-state index in [0.29, 0.717) is 5.56 Å². The van der Waals surface area contributed by atoms with Crippen molar-refractivity contribution in [1.29, 1.82) is 5.26 Å². The molecule has 0 aliphatic rings. The summed E-state index contributed by atoms with van der Waals surface area (Å²) < 4.78 is 22.9. The maximum absolute atomic E-state index is 11.5. The van der Waals surface area contributed by atoms with Gasteiger partial charge in [0.25, 0.3) is 0 Å². The molecule has 118 valence electrons. The molecule has 0 unspecified atom stereocenters. The summed E-state index contributed by atoms with van der Waals surface area (Å²) >= 11 is 0. The molecule has 0 radical (unpaired) electrons. The fourth-order valence-corrected chi connectivity index (χ4v) is 2.68. The lowest BCUT2D eigenvalue weighted by Gasteiger charge is -2.07. The Hall–Kier alpha value is -2.82. The molecule has 0 saturated heterocycles. The number of hydrazine groups is 1. The first kappa shape index (κ1) is 16.5. The molecular weight excluding hydrogens is 312 g/mol. The van der Waals surface area contributed by atoms with Crippen molar-refractivity contribution in [2.75, 3.05) is 6.26 Å². The molecule has 7 heteroatoms. The van der Waals surface area contributed by atoms with Crippen molar-refractivity contribution in [1.82, 2.24) is 5.43 Å². The van der Waals surface area contributed by atoms with Gasteiger partial charge in [-0.15, -0.1) is 0 Å². The minimum atomic E-state index is -3.21. The first-order valence-corrected chi connectivity index (χ1v) is 8.53. The summed E-state index contributed by atoms with van der Waals surface area (Å²) in [7, 11) is -3.21. The summed E-state index contributed by atoms with van der Waals surface area (Å²) in [6.07, 6.45) is 1.17. The van der Waals surface area contributed by atoms with Crippen molar-refractivity contribution >= 4 is 15.5 Å². The Labute approximate surface area is 134 Å². The standard InChI is InChI=1S/C16H16N4O2S/c1-23(21,22)14-8-6-12(7-9-14)11-2-4-13(5-3-11)16(18)15(10-17)20-19/h2-9,20H,18-19H2,1H3/b16-15-. The minimum Gasteiger partial charge on any atom is -0.396 e. The van der Waals surface area contributed by atoms with E-state index in [-0.39, 0.29) is 16.3 Å². The number of allylic oxidation sites excluding steroid dienone is 1. The molecule has 0 aliphatic heterocycles. The van der Waals surface area contributed by atoms with Crippen LogP contribution < -0.4 is 17.0 Å². The first-order chi connectivity index (χ1) is 10.9. The fourth-order valence-electron chi connectivity index (χ4n) is 2.05. The third kappa shape index (κ3) is 3.69. The number of hydrogen-bond acceptors (Lipinski definition) is 6. The van der Waals surface area contributed by atoms with Crippen LogP contribution in [0.25, 0.3) is 16.8 Å². The van der Waals surface area contributed by atoms with Crippen molar-refractivity contribution in [3.8, 4) is 17.2 Å². The summed E-state index contributed by atoms with van der Waals surface area (Å²) in [6.45, 7) is 0. The second-order valence-corrected chi connectivity index (χ2v) is 6.93. The van der Waals surface area contributed by atoms with Crippen LogP contribution in [0.15, 0.2) is 59.1 Å². The third-order valence-electron chi connectivity index (χ3n) is 3.34. The molecule has 0 spiro atoms. The highest BCUT2D eigenvalue weighted by molar-refractivity contribution is 7.90. The Kier molecular flexibility index (Phi) is 4.69. The van der Waals surface area contributed by atoms with Gasteiger partial charge in [0.15, 0.2) is 15.5 Å². The minimum absolute atomic E-state index is 0.0928. The van der Waals surface area contributed by atoms with Gasteiger partial charge < -0.3 is 11.2 Å². The smallest absolute Gasteiger partial charge is 0.175 e. The van der Waals surface area contributed by atoms with Crippen LogP contribution in [0.3, 0.4) is 0 Å². The van der Waals surface area contributed by atoms with Gasteiger partial charge in [-0.1, -0.05) is 36.4 Å². The summed E-state index contributed by atoms with van der Waals surface area (Å²) in [6, 6.07) is 15.7. The molecule has 0 saturated carbocycles. The highest BCUT2D eigenvalue weighted by Crippen LogP contribution is 2.23. The lowest BCUT2D eigenvalue weighted by atomic mass is 10.0. The van der Waals surface area contributed by atoms with E-state index in [0.717, 1.165) is 11.1 Å². The molecule has 23 heavy (non-hydrogen) atoms. The maximum atomic E-state index is 11.5. The SMILES string of the molecule is CS(=O)(=O)c1ccc(-c2ccc(/C(N)=C(\C#N)NN)cc2)cc1. The molecule has 0 aliphatic carbocycles. The predicted octanol–water partition coefficient (Wildman–Crippen LogP) is 1.37. The number of nitrogens with two attached hydrogens (primary N) is 2. The molecule has 2 aromatic carbocycles. The van der Waals surface area contributed by atoms with E-state index < -0.39 is 9.84 Å². The lowest BCUT2D eigenvalue weighted by Crippen LogP contribution is -2.23. The van der Waals surface area contributed by atoms with E-state index in [9.17, 15) is 8.42 Å². The monoisotopic (exact) mass is 328 g/mol. The zero-order valence-electron chi connectivity index (χ0n) is 12.4. The molecule has 0 fully saturated rings. The first-order valence-electron chi connectivity index (χ1n) is 6.64. The Morgan fingerprint density at radius 3 is 1.91 bits per heavy atom. The molecule has 2 aromatic rings. The molecule has 0 aromatic heterocycles. The van der Waals surface area contributed by atoms with Gasteiger partial charge in [0.05, 0.1) is 10.6 Å². The second kappa shape index (κ2) is 6.52. The van der Waals surface area contributed by atoms with Crippen molar-refractivity contribution in [2.45, 2.75) is 4.90 Å². The van der Waals surface area contributed by atoms with Crippen LogP contribution in [0, 0.1) is 11.3 Å². The van der Waals surface area contributed by atoms with E-state index in [2.05, 4.69) is 5.43 Å². The summed E-state index contributed by atoms with van der Waals surface area (Å²) in [5, 5.41) is 8.90. The van der Waals surface area contributed by atoms with Gasteiger partial charge in [0.2, 0.25) is 0 Å². The van der Waals surface area contributed by atoms with Gasteiger partial charge in [0, 0.05) is 11.8 Å². The zero-order valence-corrected chi connectivity index (χ0v) is 13.3. The normalized spacial score (nSPS) is 12.2. The number of nitrogens with zero attached hydrogens (tertiary/aromatic N) is 1. The number of nitrogens with one attached hydrogen (secondary N) is 1. The highest BCUT2D eigenvalue weighted by atomic mass is 32.2. The quantitative estimate of drug-likeness (QED) is 0.443. The zero-order chi connectivity index (χ0) is 17.0. The van der Waals surface area contributed by atoms with Crippen molar-refractivity contribution < 1.29 is 8.42 Å². The van der Waals surface area contributed by atoms with Crippen molar-refractivity contribution in [3.05, 3.63) is 59.8 Å². The van der Waals surface area contributed by atoms with Crippen molar-refractivity contribution in [3.63, 3.8) is 0 Å². The van der Waals surface area contributed by atoms with Crippen LogP contribution in [0.4, 0.5) is 0 Å². The van der Waals surface area contributed by atoms with Crippen LogP contribution >= 0.6 is 0 Å². The number of benzene rings is 2. The molecule has 0 bridgehead atoms. The highest BCUT2D eigenvalue weighted by Gasteiger charge is 2.08. The van der Waals surface area contributed by atoms with Crippen LogP contribution in [-0.2, 0) is 9.84 Å². The van der Waals surface area contributed by atoms with Crippen LogP contribution in [0.2, 0.25) is 0 Å². The van der Waals surface area contributed by atoms with Gasteiger partial charge in [-0.3, -0.25) is 0 Å². The fraction of sp³-hybridized carbons (Fsp3) is 0.0625. The predicted molar refractivity (Wildman–Crippen MR) is 89.0 cm³/mol. The summed E-state index contributed by atoms with van der Waals surface area (Å²) in [5.74, 6) is 5.23. The average molecular weight is 328 g/mol. The number of sulfone groups is 1. The number of hydrogen-bond donors (Lipinski definition) is 3. The Balaban J connectivity index is 2.34. The number of nitriles is 1. The number of rotatable bonds is 4. The van der Waals surface area contributed by atoms with Crippen LogP contribution in [0.5, 0.6) is 0 Å². The van der Waals surface area contributed by atoms with E-state index in [4.69, 9.17) is 16.8 Å². The van der Waals surface area contributed by atoms with Gasteiger partial charge in [0.1, 0.15) is 6.07 Å². The van der Waals surface area contributed by atoms with Gasteiger partial charge >= 0.3 is 0 Å². The topological polar surface area (TPSA) is 122 Å². The van der Waals surface area contributed by atoms with E-state index in [1.54, 1.807) is 36.4 Å². The summed E-state index contributed by atoms with van der Waals surface area (Å²) in [4.78, 5) is 0.276. The van der Waals surface area contributed by atoms with E-state index in [1.165, 1.54) is 6.26 Å². The third-order valence-corrected chi connectivity index (χ3v) is 4.47. The Morgan fingerprint density at radius 1 is 1.04 bits per heavy atom. The largest absolute Gasteiger partial charge is 0.396 e. The maximum Gasteiger partial charge on any atom is 0.175 e. The van der Waals surface area contributed by atoms with Gasteiger partial charge in [-0.05, 0) is 23.3 Å². The van der Waals surface area contributed by atoms with Gasteiger partial charge in [-0.25, -0.2) is 14.3 Å². The molecule has 2 rings (SSSR count). The van der Waals surface area contributed by atoms with E-state index in [1.807, 2.05) is 18.2 Å². The van der Waals surface area contributed by atoms with Crippen LogP contribution in [0.1, 0.15) is 5.56 Å². The summed E-state index contributed by atoms with van der Waals surface area (Å²) in [5.41, 5.74) is 10.9. The molecule has 6 nitrogen and oxygen atoms in total. The van der Waals surface area contributed by atoms with E-state index >= 15 is 0 Å². The molecular formula is C16H16N4O2S. The molecule has 0 atom stereocenters. The molecule has 5 N–H and O–H groups in total. The molecule has 0 amide bonds. The Morgan fingerprint density at radius 2 is 1.52 bits per heavy atom.